The summed E-state index contributed by atoms with van der Waals surface area (Å²) < 4.78 is 0. The summed E-state index contributed by atoms with van der Waals surface area (Å²) in [4.78, 5) is 28.0. The van der Waals surface area contributed by atoms with Gasteiger partial charge in [-0.3, -0.25) is 9.59 Å². The molecule has 0 bridgehead atoms. The van der Waals surface area contributed by atoms with Gasteiger partial charge in [0.25, 0.3) is 0 Å². The van der Waals surface area contributed by atoms with Crippen LogP contribution in [0.5, 0.6) is 0 Å². The Balaban J connectivity index is 3.04. The SMILES string of the molecule is CC(C)[C@@H](/C=C/C#N)N(C)C(=O)[C@@H](NC(=O)CC(C)(C)c1ccccc1)C(C)(C)C. The fourth-order valence-corrected chi connectivity index (χ4v) is 3.54. The van der Waals surface area contributed by atoms with E-state index < -0.39 is 11.5 Å². The zero-order valence-electron chi connectivity index (χ0n) is 19.7. The van der Waals surface area contributed by atoms with Gasteiger partial charge < -0.3 is 10.2 Å². The molecule has 0 heterocycles. The van der Waals surface area contributed by atoms with Crippen LogP contribution in [0, 0.1) is 22.7 Å². The molecule has 0 fully saturated rings. The number of nitrogens with zero attached hydrogens (tertiary/aromatic N) is 2. The topological polar surface area (TPSA) is 73.2 Å². The van der Waals surface area contributed by atoms with E-state index in [1.807, 2.05) is 84.9 Å². The molecular formula is C25H37N3O2. The van der Waals surface area contributed by atoms with Gasteiger partial charge in [-0.15, -0.1) is 0 Å². The van der Waals surface area contributed by atoms with Crippen molar-refractivity contribution in [2.24, 2.45) is 11.3 Å². The van der Waals surface area contributed by atoms with Gasteiger partial charge in [0.05, 0.1) is 12.1 Å². The molecule has 0 radical (unpaired) electrons. The highest BCUT2D eigenvalue weighted by Crippen LogP contribution is 2.28. The standard InChI is InChI=1S/C25H37N3O2/c1-18(2)20(15-12-16-26)28(8)23(30)22(24(3,4)5)27-21(29)17-25(6,7)19-13-10-9-11-14-19/h9-15,18,20,22H,17H2,1-8H3,(H,27,29)/b15-12+/t20-,22-/m1/s1. The number of allylic oxidation sites excluding steroid dienone is 1. The molecule has 0 saturated heterocycles. The van der Waals surface area contributed by atoms with Crippen LogP contribution in [0.2, 0.25) is 0 Å². The predicted molar refractivity (Wildman–Crippen MR) is 122 cm³/mol. The smallest absolute Gasteiger partial charge is 0.245 e. The Hall–Kier alpha value is -2.61. The minimum absolute atomic E-state index is 0.136. The molecule has 1 N–H and O–H groups in total. The quantitative estimate of drug-likeness (QED) is 0.642. The highest BCUT2D eigenvalue weighted by molar-refractivity contribution is 5.89. The van der Waals surface area contributed by atoms with E-state index in [9.17, 15) is 9.59 Å². The van der Waals surface area contributed by atoms with Crippen molar-refractivity contribution in [2.75, 3.05) is 7.05 Å². The molecule has 0 aliphatic heterocycles. The maximum atomic E-state index is 13.4. The first-order valence-electron chi connectivity index (χ1n) is 10.5. The molecule has 0 aliphatic rings. The van der Waals surface area contributed by atoms with Crippen molar-refractivity contribution in [3.63, 3.8) is 0 Å². The molecule has 1 rings (SSSR count). The van der Waals surface area contributed by atoms with Crippen molar-refractivity contribution < 1.29 is 9.59 Å². The van der Waals surface area contributed by atoms with E-state index in [0.29, 0.717) is 0 Å². The Morgan fingerprint density at radius 2 is 1.70 bits per heavy atom. The lowest BCUT2D eigenvalue weighted by atomic mass is 9.80. The number of likely N-dealkylation sites (N-methyl/N-ethyl adjacent to an activating group) is 1. The van der Waals surface area contributed by atoms with Crippen LogP contribution in [0.3, 0.4) is 0 Å². The number of nitriles is 1. The molecule has 164 valence electrons. The molecule has 30 heavy (non-hydrogen) atoms. The van der Waals surface area contributed by atoms with E-state index in [1.165, 1.54) is 6.08 Å². The van der Waals surface area contributed by atoms with Crippen LogP contribution in [0.4, 0.5) is 0 Å². The number of nitrogens with one attached hydrogen (secondary N) is 1. The number of carbonyl (C=O) groups excluding carboxylic acids is 2. The van der Waals surface area contributed by atoms with E-state index in [2.05, 4.69) is 5.32 Å². The number of benzene rings is 1. The maximum absolute atomic E-state index is 13.4. The summed E-state index contributed by atoms with van der Waals surface area (Å²) in [5, 5.41) is 11.9. The summed E-state index contributed by atoms with van der Waals surface area (Å²) in [5.41, 5.74) is 0.273. The minimum atomic E-state index is -0.668. The van der Waals surface area contributed by atoms with Gasteiger partial charge >= 0.3 is 0 Å². The van der Waals surface area contributed by atoms with E-state index >= 15 is 0 Å². The van der Waals surface area contributed by atoms with Crippen molar-refractivity contribution in [3.05, 3.63) is 48.0 Å². The molecule has 2 amide bonds. The van der Waals surface area contributed by atoms with Crippen LogP contribution in [-0.2, 0) is 15.0 Å². The van der Waals surface area contributed by atoms with Gasteiger partial charge in [0, 0.05) is 19.5 Å². The maximum Gasteiger partial charge on any atom is 0.245 e. The molecule has 0 unspecified atom stereocenters. The zero-order chi connectivity index (χ0) is 23.1. The van der Waals surface area contributed by atoms with E-state index in [1.54, 1.807) is 18.0 Å². The lowest BCUT2D eigenvalue weighted by molar-refractivity contribution is -0.140. The fourth-order valence-electron chi connectivity index (χ4n) is 3.54. The number of rotatable bonds is 8. The Labute approximate surface area is 182 Å². The third-order valence-electron chi connectivity index (χ3n) is 5.42. The second-order valence-electron chi connectivity index (χ2n) is 9.97. The summed E-state index contributed by atoms with van der Waals surface area (Å²) in [6.07, 6.45) is 3.42. The molecular weight excluding hydrogens is 374 g/mol. The Morgan fingerprint density at radius 3 is 2.17 bits per heavy atom. The monoisotopic (exact) mass is 411 g/mol. The normalized spacial score (nSPS) is 14.3. The van der Waals surface area contributed by atoms with E-state index in [-0.39, 0.29) is 35.6 Å². The highest BCUT2D eigenvalue weighted by Gasteiger charge is 2.37. The van der Waals surface area contributed by atoms with Crippen LogP contribution < -0.4 is 5.32 Å². The van der Waals surface area contributed by atoms with Gasteiger partial charge in [0.2, 0.25) is 11.8 Å². The van der Waals surface area contributed by atoms with Crippen molar-refractivity contribution in [3.8, 4) is 6.07 Å². The highest BCUT2D eigenvalue weighted by atomic mass is 16.2. The lowest BCUT2D eigenvalue weighted by Crippen LogP contribution is -2.56. The van der Waals surface area contributed by atoms with E-state index in [0.717, 1.165) is 5.56 Å². The van der Waals surface area contributed by atoms with E-state index in [4.69, 9.17) is 5.26 Å². The molecule has 0 spiro atoms. The molecule has 5 heteroatoms. The molecule has 1 aromatic carbocycles. The first-order chi connectivity index (χ1) is 13.8. The lowest BCUT2D eigenvalue weighted by Gasteiger charge is -2.37. The molecule has 0 aromatic heterocycles. The average Bonchev–Trinajstić information content (AvgIpc) is 2.65. The van der Waals surface area contributed by atoms with Gasteiger partial charge in [-0.05, 0) is 22.3 Å². The summed E-state index contributed by atoms with van der Waals surface area (Å²) in [7, 11) is 1.73. The summed E-state index contributed by atoms with van der Waals surface area (Å²) in [6.45, 7) is 13.9. The summed E-state index contributed by atoms with van der Waals surface area (Å²) in [5.74, 6) is -0.175. The molecule has 5 nitrogen and oxygen atoms in total. The Morgan fingerprint density at radius 1 is 1.13 bits per heavy atom. The molecule has 0 aliphatic carbocycles. The number of amides is 2. The Bertz CT molecular complexity index is 783. The molecule has 2 atom stereocenters. The van der Waals surface area contributed by atoms with Crippen LogP contribution in [0.15, 0.2) is 42.5 Å². The average molecular weight is 412 g/mol. The van der Waals surface area contributed by atoms with Crippen molar-refractivity contribution >= 4 is 11.8 Å². The number of hydrogen-bond donors (Lipinski definition) is 1. The first kappa shape index (κ1) is 25.4. The van der Waals surface area contributed by atoms with Crippen LogP contribution in [0.25, 0.3) is 0 Å². The predicted octanol–water partition coefficient (Wildman–Crippen LogP) is 4.45. The second-order valence-corrected chi connectivity index (χ2v) is 9.97. The number of hydrogen-bond acceptors (Lipinski definition) is 3. The van der Waals surface area contributed by atoms with Gasteiger partial charge in [0.1, 0.15) is 6.04 Å². The van der Waals surface area contributed by atoms with Crippen molar-refractivity contribution in [2.45, 2.75) is 72.4 Å². The van der Waals surface area contributed by atoms with Crippen LogP contribution in [-0.4, -0.2) is 35.8 Å². The largest absolute Gasteiger partial charge is 0.344 e. The van der Waals surface area contributed by atoms with Gasteiger partial charge in [0.15, 0.2) is 0 Å². The van der Waals surface area contributed by atoms with Crippen molar-refractivity contribution in [1.82, 2.24) is 10.2 Å². The van der Waals surface area contributed by atoms with Crippen LogP contribution >= 0.6 is 0 Å². The zero-order valence-corrected chi connectivity index (χ0v) is 19.7. The second kappa shape index (κ2) is 10.4. The third-order valence-corrected chi connectivity index (χ3v) is 5.42. The minimum Gasteiger partial charge on any atom is -0.344 e. The third kappa shape index (κ3) is 7.02. The summed E-state index contributed by atoms with van der Waals surface area (Å²) in [6, 6.07) is 11.0. The first-order valence-corrected chi connectivity index (χ1v) is 10.5. The Kier molecular flexibility index (Phi) is 8.84. The van der Waals surface area contributed by atoms with Crippen LogP contribution in [0.1, 0.15) is 60.5 Å². The summed E-state index contributed by atoms with van der Waals surface area (Å²) >= 11 is 0. The fraction of sp³-hybridized carbons (Fsp3) is 0.560. The van der Waals surface area contributed by atoms with Gasteiger partial charge in [-0.25, -0.2) is 0 Å². The van der Waals surface area contributed by atoms with Gasteiger partial charge in [-0.1, -0.05) is 84.9 Å². The molecule has 0 saturated carbocycles. The molecule has 1 aromatic rings. The van der Waals surface area contributed by atoms with Crippen molar-refractivity contribution in [1.29, 1.82) is 5.26 Å². The van der Waals surface area contributed by atoms with Gasteiger partial charge in [-0.2, -0.15) is 5.26 Å². The number of carbonyl (C=O) groups is 2.